The van der Waals surface area contributed by atoms with Gasteiger partial charge in [0.15, 0.2) is 17.1 Å². The van der Waals surface area contributed by atoms with E-state index in [1.807, 2.05) is 12.1 Å². The first-order valence-electron chi connectivity index (χ1n) is 5.33. The predicted octanol–water partition coefficient (Wildman–Crippen LogP) is 1.37. The van der Waals surface area contributed by atoms with Crippen LogP contribution in [0.5, 0.6) is 0 Å². The maximum Gasteiger partial charge on any atom is 0.198 e. The van der Waals surface area contributed by atoms with Gasteiger partial charge < -0.3 is 9.73 Å². The molecule has 0 amide bonds. The molecule has 0 bridgehead atoms. The number of rotatable bonds is 2. The van der Waals surface area contributed by atoms with Gasteiger partial charge in [0, 0.05) is 12.6 Å². The van der Waals surface area contributed by atoms with Crippen LogP contribution in [0.3, 0.4) is 0 Å². The highest BCUT2D eigenvalue weighted by Crippen LogP contribution is 2.18. The fraction of sp³-hybridized carbons (Fsp3) is 0.455. The smallest absolute Gasteiger partial charge is 0.198 e. The van der Waals surface area contributed by atoms with Crippen LogP contribution in [0.2, 0.25) is 0 Å². The van der Waals surface area contributed by atoms with Crippen LogP contribution in [-0.4, -0.2) is 23.1 Å². The van der Waals surface area contributed by atoms with Crippen LogP contribution in [0.15, 0.2) is 22.7 Å². The summed E-state index contributed by atoms with van der Waals surface area (Å²) in [5, 5.41) is 3.34. The Morgan fingerprint density at radius 1 is 1.53 bits per heavy atom. The molecule has 2 aromatic rings. The Kier molecular flexibility index (Phi) is 2.14. The standard InChI is InChI=1S/C11H13N3O/c1-2-9-11(13-4-1)14-10(15-9)6-8-3-5-12-7-8/h1-2,4,8,12H,3,5-7H2. The second-order valence-corrected chi connectivity index (χ2v) is 4.00. The number of nitrogens with zero attached hydrogens (tertiary/aromatic N) is 2. The van der Waals surface area contributed by atoms with Crippen LogP contribution in [0.4, 0.5) is 0 Å². The van der Waals surface area contributed by atoms with Crippen molar-refractivity contribution >= 4 is 11.2 Å². The molecule has 0 spiro atoms. The van der Waals surface area contributed by atoms with Gasteiger partial charge in [0.05, 0.1) is 0 Å². The van der Waals surface area contributed by atoms with Crippen LogP contribution in [0, 0.1) is 5.92 Å². The summed E-state index contributed by atoms with van der Waals surface area (Å²) in [4.78, 5) is 8.53. The van der Waals surface area contributed by atoms with E-state index in [1.54, 1.807) is 6.20 Å². The van der Waals surface area contributed by atoms with Crippen molar-refractivity contribution in [3.05, 3.63) is 24.2 Å². The molecule has 1 unspecified atom stereocenters. The molecular weight excluding hydrogens is 190 g/mol. The maximum absolute atomic E-state index is 5.63. The molecule has 3 rings (SSSR count). The fourth-order valence-corrected chi connectivity index (χ4v) is 2.04. The molecular formula is C11H13N3O. The third-order valence-electron chi connectivity index (χ3n) is 2.83. The van der Waals surface area contributed by atoms with Gasteiger partial charge in [0.1, 0.15) is 0 Å². The minimum atomic E-state index is 0.665. The molecule has 1 fully saturated rings. The molecule has 0 saturated carbocycles. The van der Waals surface area contributed by atoms with Crippen LogP contribution in [0.25, 0.3) is 11.2 Å². The van der Waals surface area contributed by atoms with E-state index in [4.69, 9.17) is 4.42 Å². The molecule has 1 saturated heterocycles. The van der Waals surface area contributed by atoms with Crippen molar-refractivity contribution in [2.45, 2.75) is 12.8 Å². The molecule has 1 aliphatic heterocycles. The summed E-state index contributed by atoms with van der Waals surface area (Å²) in [5.74, 6) is 1.48. The Labute approximate surface area is 87.7 Å². The van der Waals surface area contributed by atoms with Crippen LogP contribution in [-0.2, 0) is 6.42 Å². The Morgan fingerprint density at radius 3 is 3.33 bits per heavy atom. The third-order valence-corrected chi connectivity index (χ3v) is 2.83. The summed E-state index contributed by atoms with van der Waals surface area (Å²) in [7, 11) is 0. The van der Waals surface area contributed by atoms with Gasteiger partial charge in [-0.05, 0) is 37.6 Å². The lowest BCUT2D eigenvalue weighted by Crippen LogP contribution is -2.10. The molecule has 1 aliphatic rings. The number of fused-ring (bicyclic) bond motifs is 1. The molecule has 1 atom stereocenters. The van der Waals surface area contributed by atoms with Crippen LogP contribution in [0.1, 0.15) is 12.3 Å². The second-order valence-electron chi connectivity index (χ2n) is 4.00. The number of hydrogen-bond acceptors (Lipinski definition) is 4. The van der Waals surface area contributed by atoms with Crippen molar-refractivity contribution < 1.29 is 4.42 Å². The minimum Gasteiger partial charge on any atom is -0.439 e. The Bertz CT molecular complexity index is 427. The Morgan fingerprint density at radius 2 is 2.53 bits per heavy atom. The number of oxazole rings is 1. The van der Waals surface area contributed by atoms with Gasteiger partial charge in [-0.2, -0.15) is 4.98 Å². The number of hydrogen-bond donors (Lipinski definition) is 1. The summed E-state index contributed by atoms with van der Waals surface area (Å²) < 4.78 is 5.63. The lowest BCUT2D eigenvalue weighted by Gasteiger charge is -2.02. The molecule has 4 heteroatoms. The van der Waals surface area contributed by atoms with Gasteiger partial charge in [-0.3, -0.25) is 0 Å². The topological polar surface area (TPSA) is 51.0 Å². The van der Waals surface area contributed by atoms with E-state index in [9.17, 15) is 0 Å². The van der Waals surface area contributed by atoms with Crippen molar-refractivity contribution in [3.63, 3.8) is 0 Å². The fourth-order valence-electron chi connectivity index (χ4n) is 2.04. The van der Waals surface area contributed by atoms with Crippen LogP contribution < -0.4 is 5.32 Å². The first-order chi connectivity index (χ1) is 7.42. The molecule has 1 N–H and O–H groups in total. The van der Waals surface area contributed by atoms with Crippen molar-refractivity contribution in [1.82, 2.24) is 15.3 Å². The zero-order chi connectivity index (χ0) is 10.1. The number of nitrogens with one attached hydrogen (secondary N) is 1. The van der Waals surface area contributed by atoms with Crippen molar-refractivity contribution in [2.75, 3.05) is 13.1 Å². The highest BCUT2D eigenvalue weighted by atomic mass is 16.3. The molecule has 2 aromatic heterocycles. The van der Waals surface area contributed by atoms with E-state index in [1.165, 1.54) is 6.42 Å². The molecule has 4 nitrogen and oxygen atoms in total. The highest BCUT2D eigenvalue weighted by molar-refractivity contribution is 5.66. The van der Waals surface area contributed by atoms with Crippen molar-refractivity contribution in [3.8, 4) is 0 Å². The van der Waals surface area contributed by atoms with Gasteiger partial charge >= 0.3 is 0 Å². The highest BCUT2D eigenvalue weighted by Gasteiger charge is 2.17. The van der Waals surface area contributed by atoms with E-state index in [2.05, 4.69) is 15.3 Å². The quantitative estimate of drug-likeness (QED) is 0.801. The lowest BCUT2D eigenvalue weighted by atomic mass is 10.1. The van der Waals surface area contributed by atoms with Crippen molar-refractivity contribution in [2.24, 2.45) is 5.92 Å². The molecule has 3 heterocycles. The molecule has 0 aromatic carbocycles. The van der Waals surface area contributed by atoms with Gasteiger partial charge in [-0.25, -0.2) is 4.98 Å². The van der Waals surface area contributed by atoms with Gasteiger partial charge in [0.2, 0.25) is 0 Å². The zero-order valence-electron chi connectivity index (χ0n) is 8.44. The van der Waals surface area contributed by atoms with E-state index in [0.717, 1.165) is 36.6 Å². The maximum atomic E-state index is 5.63. The predicted molar refractivity (Wildman–Crippen MR) is 56.5 cm³/mol. The van der Waals surface area contributed by atoms with E-state index >= 15 is 0 Å². The summed E-state index contributed by atoms with van der Waals surface area (Å²) in [5.41, 5.74) is 1.51. The van der Waals surface area contributed by atoms with Crippen LogP contribution >= 0.6 is 0 Å². The van der Waals surface area contributed by atoms with Crippen molar-refractivity contribution in [1.29, 1.82) is 0 Å². The monoisotopic (exact) mass is 203 g/mol. The first kappa shape index (κ1) is 8.85. The van der Waals surface area contributed by atoms with E-state index in [0.29, 0.717) is 5.92 Å². The largest absolute Gasteiger partial charge is 0.439 e. The number of aromatic nitrogens is 2. The van der Waals surface area contributed by atoms with E-state index in [-0.39, 0.29) is 0 Å². The Hall–Kier alpha value is -1.42. The summed E-state index contributed by atoms with van der Waals surface area (Å²) in [6.07, 6.45) is 3.88. The van der Waals surface area contributed by atoms with Gasteiger partial charge in [-0.15, -0.1) is 0 Å². The molecule has 15 heavy (non-hydrogen) atoms. The first-order valence-corrected chi connectivity index (χ1v) is 5.33. The summed E-state index contributed by atoms with van der Waals surface area (Å²) in [6, 6.07) is 3.78. The molecule has 78 valence electrons. The number of pyridine rings is 1. The van der Waals surface area contributed by atoms with Gasteiger partial charge in [-0.1, -0.05) is 0 Å². The second kappa shape index (κ2) is 3.62. The lowest BCUT2D eigenvalue weighted by molar-refractivity contribution is 0.462. The average Bonchev–Trinajstić information content (AvgIpc) is 2.86. The molecule has 0 aliphatic carbocycles. The molecule has 0 radical (unpaired) electrons. The average molecular weight is 203 g/mol. The summed E-state index contributed by atoms with van der Waals surface area (Å²) in [6.45, 7) is 2.19. The third kappa shape index (κ3) is 1.72. The Balaban J connectivity index is 1.84. The van der Waals surface area contributed by atoms with E-state index < -0.39 is 0 Å². The summed E-state index contributed by atoms with van der Waals surface area (Å²) >= 11 is 0. The SMILES string of the molecule is c1cnc2nc(CC3CCNC3)oc2c1. The normalized spacial score (nSPS) is 21.2. The minimum absolute atomic E-state index is 0.665. The zero-order valence-corrected chi connectivity index (χ0v) is 8.44. The van der Waals surface area contributed by atoms with Gasteiger partial charge in [0.25, 0.3) is 0 Å².